The van der Waals surface area contributed by atoms with Crippen LogP contribution in [-0.4, -0.2) is 20.9 Å². The van der Waals surface area contributed by atoms with Gasteiger partial charge in [0.05, 0.1) is 17.4 Å². The Morgan fingerprint density at radius 1 is 1.30 bits per heavy atom. The average molecular weight is 331 g/mol. The normalized spacial score (nSPS) is 10.7. The number of nitrogens with one attached hydrogen (secondary N) is 2. The number of aromatic nitrogens is 3. The number of imidazole rings is 1. The summed E-state index contributed by atoms with van der Waals surface area (Å²) >= 11 is 3.40. The molecule has 0 radical (unpaired) electrons. The number of carbonyl (C=O) groups excluding carboxylic acids is 1. The van der Waals surface area contributed by atoms with Crippen molar-refractivity contribution in [3.8, 4) is 0 Å². The van der Waals surface area contributed by atoms with Crippen molar-refractivity contribution in [2.24, 2.45) is 0 Å². The van der Waals surface area contributed by atoms with Gasteiger partial charge in [-0.25, -0.2) is 9.97 Å². The average Bonchev–Trinajstić information content (AvgIpc) is 2.89. The summed E-state index contributed by atoms with van der Waals surface area (Å²) in [5.41, 5.74) is 3.60. The maximum absolute atomic E-state index is 12.2. The molecule has 2 heterocycles. The molecular formula is C14H11BrN4O. The lowest BCUT2D eigenvalue weighted by Gasteiger charge is -2.08. The highest BCUT2D eigenvalue weighted by atomic mass is 79.9. The van der Waals surface area contributed by atoms with Crippen LogP contribution in [0.2, 0.25) is 0 Å². The van der Waals surface area contributed by atoms with Gasteiger partial charge in [0.1, 0.15) is 0 Å². The molecule has 2 N–H and O–H groups in total. The third-order valence-electron chi connectivity index (χ3n) is 2.97. The molecule has 0 fully saturated rings. The van der Waals surface area contributed by atoms with Crippen LogP contribution in [0.4, 0.5) is 5.69 Å². The molecule has 2 aromatic heterocycles. The first-order valence-electron chi connectivity index (χ1n) is 6.00. The fourth-order valence-electron chi connectivity index (χ4n) is 1.92. The van der Waals surface area contributed by atoms with Gasteiger partial charge in [-0.1, -0.05) is 15.9 Å². The molecule has 1 amide bonds. The van der Waals surface area contributed by atoms with E-state index >= 15 is 0 Å². The van der Waals surface area contributed by atoms with E-state index in [4.69, 9.17) is 0 Å². The summed E-state index contributed by atoms with van der Waals surface area (Å²) in [5.74, 6) is -0.195. The Kier molecular flexibility index (Phi) is 3.23. The summed E-state index contributed by atoms with van der Waals surface area (Å²) in [4.78, 5) is 23.3. The van der Waals surface area contributed by atoms with Crippen LogP contribution < -0.4 is 5.32 Å². The maximum Gasteiger partial charge on any atom is 0.257 e. The molecule has 3 aromatic rings. The topological polar surface area (TPSA) is 70.7 Å². The van der Waals surface area contributed by atoms with Crippen molar-refractivity contribution in [2.75, 3.05) is 5.32 Å². The van der Waals surface area contributed by atoms with Crippen molar-refractivity contribution in [1.82, 2.24) is 15.0 Å². The van der Waals surface area contributed by atoms with E-state index < -0.39 is 0 Å². The van der Waals surface area contributed by atoms with Gasteiger partial charge in [0.25, 0.3) is 5.91 Å². The second-order valence-electron chi connectivity index (χ2n) is 4.41. The molecule has 0 spiro atoms. The first kappa shape index (κ1) is 12.8. The number of H-pyrrole nitrogens is 1. The number of hydrogen-bond donors (Lipinski definition) is 2. The second-order valence-corrected chi connectivity index (χ2v) is 5.33. The SMILES string of the molecule is Cc1cc(Br)ccc1NC(=O)c1cnc2nc[nH]c2c1. The fourth-order valence-corrected chi connectivity index (χ4v) is 2.39. The number of aryl methyl sites for hydroxylation is 1. The van der Waals surface area contributed by atoms with E-state index in [1.54, 1.807) is 12.4 Å². The smallest absolute Gasteiger partial charge is 0.257 e. The number of carbonyl (C=O) groups is 1. The van der Waals surface area contributed by atoms with Crippen LogP contribution in [-0.2, 0) is 0 Å². The Labute approximate surface area is 123 Å². The summed E-state index contributed by atoms with van der Waals surface area (Å²) in [5, 5.41) is 2.88. The lowest BCUT2D eigenvalue weighted by atomic mass is 10.2. The number of rotatable bonds is 2. The lowest BCUT2D eigenvalue weighted by molar-refractivity contribution is 0.102. The molecule has 0 bridgehead atoms. The summed E-state index contributed by atoms with van der Waals surface area (Å²) < 4.78 is 0.980. The lowest BCUT2D eigenvalue weighted by Crippen LogP contribution is -2.13. The summed E-state index contributed by atoms with van der Waals surface area (Å²) in [6, 6.07) is 7.43. The highest BCUT2D eigenvalue weighted by Gasteiger charge is 2.10. The molecule has 0 saturated heterocycles. The summed E-state index contributed by atoms with van der Waals surface area (Å²) in [7, 11) is 0. The molecule has 6 heteroatoms. The van der Waals surface area contributed by atoms with Crippen LogP contribution in [0.3, 0.4) is 0 Å². The van der Waals surface area contributed by atoms with Crippen LogP contribution in [0.1, 0.15) is 15.9 Å². The number of fused-ring (bicyclic) bond motifs is 1. The predicted octanol–water partition coefficient (Wildman–Crippen LogP) is 3.28. The minimum Gasteiger partial charge on any atom is -0.343 e. The van der Waals surface area contributed by atoms with Crippen LogP contribution in [0.5, 0.6) is 0 Å². The van der Waals surface area contributed by atoms with Crippen molar-refractivity contribution in [2.45, 2.75) is 6.92 Å². The molecular weight excluding hydrogens is 320 g/mol. The molecule has 0 aliphatic carbocycles. The van der Waals surface area contributed by atoms with Gasteiger partial charge in [-0.15, -0.1) is 0 Å². The Hall–Kier alpha value is -2.21. The molecule has 0 aliphatic rings. The van der Waals surface area contributed by atoms with Crippen molar-refractivity contribution in [1.29, 1.82) is 0 Å². The number of aromatic amines is 1. The minimum atomic E-state index is -0.195. The number of halogens is 1. The van der Waals surface area contributed by atoms with E-state index in [1.807, 2.05) is 25.1 Å². The van der Waals surface area contributed by atoms with Crippen molar-refractivity contribution in [3.63, 3.8) is 0 Å². The number of amides is 1. The molecule has 0 saturated carbocycles. The molecule has 5 nitrogen and oxygen atoms in total. The molecule has 1 aromatic carbocycles. The van der Waals surface area contributed by atoms with E-state index in [2.05, 4.69) is 36.2 Å². The second kappa shape index (κ2) is 5.05. The van der Waals surface area contributed by atoms with Gasteiger partial charge in [0.15, 0.2) is 5.65 Å². The van der Waals surface area contributed by atoms with Crippen LogP contribution in [0.25, 0.3) is 11.2 Å². The quantitative estimate of drug-likeness (QED) is 0.757. The Balaban J connectivity index is 1.88. The van der Waals surface area contributed by atoms with Gasteiger partial charge in [-0.3, -0.25) is 4.79 Å². The Bertz CT molecular complexity index is 797. The molecule has 20 heavy (non-hydrogen) atoms. The molecule has 100 valence electrons. The Morgan fingerprint density at radius 2 is 2.15 bits per heavy atom. The first-order valence-corrected chi connectivity index (χ1v) is 6.79. The summed E-state index contributed by atoms with van der Waals surface area (Å²) in [6.45, 7) is 1.94. The third-order valence-corrected chi connectivity index (χ3v) is 3.47. The van der Waals surface area contributed by atoms with Gasteiger partial charge in [-0.05, 0) is 36.8 Å². The predicted molar refractivity (Wildman–Crippen MR) is 80.7 cm³/mol. The minimum absolute atomic E-state index is 0.195. The van der Waals surface area contributed by atoms with E-state index in [-0.39, 0.29) is 5.91 Å². The zero-order chi connectivity index (χ0) is 14.1. The highest BCUT2D eigenvalue weighted by molar-refractivity contribution is 9.10. The highest BCUT2D eigenvalue weighted by Crippen LogP contribution is 2.21. The van der Waals surface area contributed by atoms with Crippen molar-refractivity contribution < 1.29 is 4.79 Å². The van der Waals surface area contributed by atoms with E-state index in [0.717, 1.165) is 21.2 Å². The van der Waals surface area contributed by atoms with Gasteiger partial charge in [0, 0.05) is 16.4 Å². The molecule has 0 atom stereocenters. The fraction of sp³-hybridized carbons (Fsp3) is 0.0714. The van der Waals surface area contributed by atoms with Crippen LogP contribution >= 0.6 is 15.9 Å². The van der Waals surface area contributed by atoms with E-state index in [0.29, 0.717) is 11.2 Å². The summed E-state index contributed by atoms with van der Waals surface area (Å²) in [6.07, 6.45) is 3.07. The maximum atomic E-state index is 12.2. The zero-order valence-corrected chi connectivity index (χ0v) is 12.2. The Morgan fingerprint density at radius 3 is 2.95 bits per heavy atom. The van der Waals surface area contributed by atoms with Crippen LogP contribution in [0.15, 0.2) is 41.3 Å². The van der Waals surface area contributed by atoms with Crippen molar-refractivity contribution >= 4 is 38.7 Å². The van der Waals surface area contributed by atoms with Gasteiger partial charge >= 0.3 is 0 Å². The standard InChI is InChI=1S/C14H11BrN4O/c1-8-4-10(15)2-3-11(8)19-14(20)9-5-12-13(16-6-9)18-7-17-12/h2-7H,1H3,(H,19,20)(H,16,17,18). The molecule has 0 unspecified atom stereocenters. The van der Waals surface area contributed by atoms with Gasteiger partial charge in [-0.2, -0.15) is 0 Å². The number of hydrogen-bond acceptors (Lipinski definition) is 3. The van der Waals surface area contributed by atoms with Gasteiger partial charge in [0.2, 0.25) is 0 Å². The van der Waals surface area contributed by atoms with E-state index in [9.17, 15) is 4.79 Å². The molecule has 3 rings (SSSR count). The molecule has 0 aliphatic heterocycles. The third kappa shape index (κ3) is 2.42. The number of benzene rings is 1. The number of pyridine rings is 1. The monoisotopic (exact) mass is 330 g/mol. The van der Waals surface area contributed by atoms with Crippen molar-refractivity contribution in [3.05, 3.63) is 52.4 Å². The van der Waals surface area contributed by atoms with E-state index in [1.165, 1.54) is 6.20 Å². The first-order chi connectivity index (χ1) is 9.63. The van der Waals surface area contributed by atoms with Crippen LogP contribution in [0, 0.1) is 6.92 Å². The van der Waals surface area contributed by atoms with Gasteiger partial charge < -0.3 is 10.3 Å². The zero-order valence-electron chi connectivity index (χ0n) is 10.6. The largest absolute Gasteiger partial charge is 0.343 e. The number of nitrogens with zero attached hydrogens (tertiary/aromatic N) is 2. The number of anilines is 1.